The van der Waals surface area contributed by atoms with Crippen LogP contribution in [0.1, 0.15) is 45.2 Å². The van der Waals surface area contributed by atoms with Crippen LogP contribution < -0.4 is 5.73 Å². The maximum atomic E-state index is 13.2. The fourth-order valence-electron chi connectivity index (χ4n) is 2.31. The van der Waals surface area contributed by atoms with Gasteiger partial charge in [-0.05, 0) is 51.3 Å². The molecule has 1 amide bonds. The van der Waals surface area contributed by atoms with Crippen molar-refractivity contribution in [2.75, 3.05) is 0 Å². The van der Waals surface area contributed by atoms with Gasteiger partial charge in [0.15, 0.2) is 5.84 Å². The molecule has 1 saturated carbocycles. The van der Waals surface area contributed by atoms with Crippen LogP contribution in [0.3, 0.4) is 0 Å². The maximum absolute atomic E-state index is 13.2. The van der Waals surface area contributed by atoms with Gasteiger partial charge in [-0.15, -0.1) is 0 Å². The predicted octanol–water partition coefficient (Wildman–Crippen LogP) is 3.01. The monoisotopic (exact) mass is 323 g/mol. The highest BCUT2D eigenvalue weighted by Crippen LogP contribution is 2.36. The molecule has 0 heterocycles. The van der Waals surface area contributed by atoms with E-state index in [0.717, 1.165) is 12.8 Å². The van der Waals surface area contributed by atoms with E-state index in [-0.39, 0.29) is 11.9 Å². The molecular weight excluding hydrogens is 301 g/mol. The quantitative estimate of drug-likeness (QED) is 0.386. The van der Waals surface area contributed by atoms with Crippen molar-refractivity contribution in [1.29, 1.82) is 0 Å². The van der Waals surface area contributed by atoms with E-state index >= 15 is 0 Å². The lowest BCUT2D eigenvalue weighted by atomic mass is 10.0. The molecule has 7 heteroatoms. The Balaban J connectivity index is 2.38. The first-order chi connectivity index (χ1) is 10.7. The first-order valence-corrected chi connectivity index (χ1v) is 7.47. The summed E-state index contributed by atoms with van der Waals surface area (Å²) in [6.07, 6.45) is 1.09. The molecule has 1 aromatic carbocycles. The van der Waals surface area contributed by atoms with Gasteiger partial charge in [0.1, 0.15) is 17.5 Å². The van der Waals surface area contributed by atoms with E-state index in [1.807, 2.05) is 0 Å². The first kappa shape index (κ1) is 17.1. The summed E-state index contributed by atoms with van der Waals surface area (Å²) in [4.78, 5) is 14.0. The number of hydrogen-bond donors (Lipinski definition) is 2. The van der Waals surface area contributed by atoms with Crippen molar-refractivity contribution in [2.24, 2.45) is 10.9 Å². The Bertz CT molecular complexity index is 592. The predicted molar refractivity (Wildman–Crippen MR) is 83.6 cm³/mol. The number of ether oxygens (including phenoxy) is 1. The highest BCUT2D eigenvalue weighted by atomic mass is 19.1. The SMILES string of the molecule is CC(C)(C)OC(=O)N(C1CC1)[C@@H](C(N)=NO)c1ccc(F)cc1. The van der Waals surface area contributed by atoms with Crippen LogP contribution in [-0.2, 0) is 4.74 Å². The van der Waals surface area contributed by atoms with Gasteiger partial charge >= 0.3 is 6.09 Å². The van der Waals surface area contributed by atoms with Gasteiger partial charge in [-0.1, -0.05) is 17.3 Å². The smallest absolute Gasteiger partial charge is 0.411 e. The van der Waals surface area contributed by atoms with Gasteiger partial charge in [0.25, 0.3) is 0 Å². The van der Waals surface area contributed by atoms with Crippen LogP contribution in [0, 0.1) is 5.82 Å². The summed E-state index contributed by atoms with van der Waals surface area (Å²) in [6.45, 7) is 5.31. The van der Waals surface area contributed by atoms with E-state index in [1.165, 1.54) is 29.2 Å². The van der Waals surface area contributed by atoms with Crippen LogP contribution in [0.4, 0.5) is 9.18 Å². The van der Waals surface area contributed by atoms with Crippen molar-refractivity contribution < 1.29 is 19.1 Å². The summed E-state index contributed by atoms with van der Waals surface area (Å²) < 4.78 is 18.6. The highest BCUT2D eigenvalue weighted by molar-refractivity contribution is 5.90. The van der Waals surface area contributed by atoms with Crippen LogP contribution in [0.15, 0.2) is 29.4 Å². The number of hydrogen-bond acceptors (Lipinski definition) is 4. The second-order valence-corrected chi connectivity index (χ2v) is 6.60. The lowest BCUT2D eigenvalue weighted by molar-refractivity contribution is 0.0190. The zero-order valence-electron chi connectivity index (χ0n) is 13.5. The number of rotatable bonds is 4. The molecule has 6 nitrogen and oxygen atoms in total. The third-order valence-electron chi connectivity index (χ3n) is 3.40. The molecule has 3 N–H and O–H groups in total. The molecule has 0 aromatic heterocycles. The molecule has 1 atom stereocenters. The van der Waals surface area contributed by atoms with Gasteiger partial charge in [0, 0.05) is 6.04 Å². The summed E-state index contributed by atoms with van der Waals surface area (Å²) >= 11 is 0. The molecule has 0 saturated heterocycles. The van der Waals surface area contributed by atoms with Gasteiger partial charge in [-0.3, -0.25) is 4.90 Å². The molecular formula is C16H22FN3O3. The highest BCUT2D eigenvalue weighted by Gasteiger charge is 2.42. The number of amidine groups is 1. The van der Waals surface area contributed by atoms with Crippen molar-refractivity contribution in [3.8, 4) is 0 Å². The molecule has 2 rings (SSSR count). The van der Waals surface area contributed by atoms with Gasteiger partial charge in [0.05, 0.1) is 0 Å². The lowest BCUT2D eigenvalue weighted by Crippen LogP contribution is -2.45. The zero-order valence-corrected chi connectivity index (χ0v) is 13.5. The van der Waals surface area contributed by atoms with Crippen molar-refractivity contribution in [1.82, 2.24) is 4.90 Å². The molecule has 23 heavy (non-hydrogen) atoms. The lowest BCUT2D eigenvalue weighted by Gasteiger charge is -2.33. The molecule has 0 spiro atoms. The molecule has 1 aromatic rings. The first-order valence-electron chi connectivity index (χ1n) is 7.47. The Kier molecular flexibility index (Phi) is 4.77. The second kappa shape index (κ2) is 6.44. The van der Waals surface area contributed by atoms with E-state index in [4.69, 9.17) is 15.7 Å². The van der Waals surface area contributed by atoms with Crippen molar-refractivity contribution in [3.05, 3.63) is 35.6 Å². The molecule has 0 aliphatic heterocycles. The van der Waals surface area contributed by atoms with Crippen molar-refractivity contribution in [3.63, 3.8) is 0 Å². The second-order valence-electron chi connectivity index (χ2n) is 6.60. The number of carbonyl (C=O) groups excluding carboxylic acids is 1. The summed E-state index contributed by atoms with van der Waals surface area (Å²) in [5.74, 6) is -0.545. The zero-order chi connectivity index (χ0) is 17.2. The van der Waals surface area contributed by atoms with Crippen molar-refractivity contribution in [2.45, 2.75) is 51.3 Å². The van der Waals surface area contributed by atoms with Gasteiger partial charge in [-0.25, -0.2) is 9.18 Å². The van der Waals surface area contributed by atoms with E-state index < -0.39 is 23.6 Å². The van der Waals surface area contributed by atoms with Gasteiger partial charge in [0.2, 0.25) is 0 Å². The summed E-state index contributed by atoms with van der Waals surface area (Å²) in [5, 5.41) is 12.1. The third kappa shape index (κ3) is 4.34. The third-order valence-corrected chi connectivity index (χ3v) is 3.40. The van der Waals surface area contributed by atoms with Gasteiger partial charge in [-0.2, -0.15) is 0 Å². The number of halogens is 1. The molecule has 126 valence electrons. The van der Waals surface area contributed by atoms with E-state index in [2.05, 4.69) is 5.16 Å². The Morgan fingerprint density at radius 1 is 1.39 bits per heavy atom. The number of carbonyl (C=O) groups is 1. The van der Waals surface area contributed by atoms with E-state index in [1.54, 1.807) is 20.8 Å². The molecule has 0 radical (unpaired) electrons. The van der Waals surface area contributed by atoms with E-state index in [9.17, 15) is 9.18 Å². The van der Waals surface area contributed by atoms with Crippen LogP contribution in [0.25, 0.3) is 0 Å². The van der Waals surface area contributed by atoms with Crippen LogP contribution in [0.2, 0.25) is 0 Å². The minimum absolute atomic E-state index is 0.0415. The minimum atomic E-state index is -0.803. The largest absolute Gasteiger partial charge is 0.444 e. The number of nitrogens with zero attached hydrogens (tertiary/aromatic N) is 2. The van der Waals surface area contributed by atoms with Gasteiger partial charge < -0.3 is 15.7 Å². The Morgan fingerprint density at radius 2 is 1.96 bits per heavy atom. The molecule has 1 aliphatic carbocycles. The molecule has 1 fully saturated rings. The Labute approximate surface area is 134 Å². The number of nitrogens with two attached hydrogens (primary N) is 1. The summed E-state index contributed by atoms with van der Waals surface area (Å²) in [5.41, 5.74) is 5.70. The maximum Gasteiger partial charge on any atom is 0.411 e. The summed E-state index contributed by atoms with van der Waals surface area (Å²) in [6, 6.07) is 4.72. The number of oxime groups is 1. The number of benzene rings is 1. The summed E-state index contributed by atoms with van der Waals surface area (Å²) in [7, 11) is 0. The molecule has 0 unspecified atom stereocenters. The topological polar surface area (TPSA) is 88.2 Å². The average molecular weight is 323 g/mol. The van der Waals surface area contributed by atoms with Crippen LogP contribution in [-0.4, -0.2) is 33.7 Å². The fraction of sp³-hybridized carbons (Fsp3) is 0.500. The normalized spacial score (nSPS) is 16.8. The van der Waals surface area contributed by atoms with Crippen LogP contribution >= 0.6 is 0 Å². The fourth-order valence-corrected chi connectivity index (χ4v) is 2.31. The standard InChI is InChI=1S/C16H22FN3O3/c1-16(2,3)23-15(21)20(12-8-9-12)13(14(18)19-22)10-4-6-11(17)7-5-10/h4-7,12-13,22H,8-9H2,1-3H3,(H2,18,19)/t13-/m1/s1. The Hall–Kier alpha value is -2.31. The molecule has 0 bridgehead atoms. The van der Waals surface area contributed by atoms with Crippen molar-refractivity contribution >= 4 is 11.9 Å². The average Bonchev–Trinajstić information content (AvgIpc) is 3.27. The van der Waals surface area contributed by atoms with E-state index in [0.29, 0.717) is 5.56 Å². The Morgan fingerprint density at radius 3 is 2.39 bits per heavy atom. The number of amides is 1. The molecule has 1 aliphatic rings. The minimum Gasteiger partial charge on any atom is -0.444 e. The van der Waals surface area contributed by atoms with Crippen LogP contribution in [0.5, 0.6) is 0 Å².